The van der Waals surface area contributed by atoms with Crippen molar-refractivity contribution < 1.29 is 18.0 Å². The number of hydrogen-bond donors (Lipinski definition) is 0. The number of hydrogen-bond acceptors (Lipinski definition) is 4. The molecule has 0 aliphatic carbocycles. The minimum atomic E-state index is -0.299. The summed E-state index contributed by atoms with van der Waals surface area (Å²) in [7, 11) is 0. The third kappa shape index (κ3) is 4.88. The Morgan fingerprint density at radius 2 is 1.71 bits per heavy atom. The van der Waals surface area contributed by atoms with Crippen LogP contribution in [-0.2, 0) is 12.8 Å². The number of amides is 1. The number of carbonyl (C=O) groups is 1. The molecule has 34 heavy (non-hydrogen) atoms. The van der Waals surface area contributed by atoms with Crippen LogP contribution in [0.2, 0.25) is 0 Å². The van der Waals surface area contributed by atoms with Gasteiger partial charge in [-0.2, -0.15) is 0 Å². The molecule has 1 aliphatic heterocycles. The molecule has 1 aliphatic rings. The van der Waals surface area contributed by atoms with Gasteiger partial charge < -0.3 is 9.32 Å². The lowest BCUT2D eigenvalue weighted by molar-refractivity contribution is 0.0714. The zero-order valence-corrected chi connectivity index (χ0v) is 18.5. The number of benzene rings is 2. The number of rotatable bonds is 6. The molecule has 1 amide bonds. The third-order valence-electron chi connectivity index (χ3n) is 5.98. The number of oxazole rings is 1. The second-order valence-electron chi connectivity index (χ2n) is 8.47. The fourth-order valence-corrected chi connectivity index (χ4v) is 4.40. The molecule has 0 saturated carbocycles. The van der Waals surface area contributed by atoms with Crippen LogP contribution < -0.4 is 0 Å². The van der Waals surface area contributed by atoms with Gasteiger partial charge >= 0.3 is 0 Å². The monoisotopic (exact) mass is 459 g/mol. The molecule has 1 saturated heterocycles. The number of carbonyl (C=O) groups excluding carboxylic acids is 1. The Kier molecular flexibility index (Phi) is 6.16. The van der Waals surface area contributed by atoms with E-state index in [9.17, 15) is 13.6 Å². The lowest BCUT2D eigenvalue weighted by atomic mass is 10.1. The van der Waals surface area contributed by atoms with Crippen LogP contribution in [0, 0.1) is 11.6 Å². The van der Waals surface area contributed by atoms with Crippen molar-refractivity contribution >= 4 is 5.91 Å². The molecular weight excluding hydrogens is 436 g/mol. The van der Waals surface area contributed by atoms with Gasteiger partial charge in [-0.15, -0.1) is 0 Å². The van der Waals surface area contributed by atoms with Crippen molar-refractivity contribution in [3.8, 4) is 0 Å². The van der Waals surface area contributed by atoms with Crippen molar-refractivity contribution in [2.75, 3.05) is 6.54 Å². The SMILES string of the molecule is O=C(c1ccnc(Cc2cccc(F)c2)c1)N1CCC[C@@H]1c1ncc(Cc2cccc(F)c2)o1. The molecule has 172 valence electrons. The maximum absolute atomic E-state index is 13.5. The fraction of sp³-hybridized carbons (Fsp3) is 0.222. The highest BCUT2D eigenvalue weighted by Gasteiger charge is 2.34. The van der Waals surface area contributed by atoms with Crippen molar-refractivity contribution in [2.45, 2.75) is 31.7 Å². The summed E-state index contributed by atoms with van der Waals surface area (Å²) in [5, 5.41) is 0. The van der Waals surface area contributed by atoms with E-state index in [4.69, 9.17) is 4.42 Å². The smallest absolute Gasteiger partial charge is 0.254 e. The summed E-state index contributed by atoms with van der Waals surface area (Å²) in [6.07, 6.45) is 5.72. The Bertz CT molecular complexity index is 1320. The first-order valence-corrected chi connectivity index (χ1v) is 11.2. The summed E-state index contributed by atoms with van der Waals surface area (Å²) < 4.78 is 33.0. The van der Waals surface area contributed by atoms with Crippen molar-refractivity contribution in [3.05, 3.63) is 119 Å². The Morgan fingerprint density at radius 3 is 2.44 bits per heavy atom. The standard InChI is InChI=1S/C27H23F2N3O2/c28-21-6-1-4-18(12-21)14-23-16-20(9-10-30-23)27(33)32-11-3-8-25(32)26-31-17-24(34-26)15-19-5-2-7-22(29)13-19/h1-2,4-7,9-10,12-13,16-17,25H,3,8,11,14-15H2/t25-/m1/s1. The highest BCUT2D eigenvalue weighted by molar-refractivity contribution is 5.94. The van der Waals surface area contributed by atoms with Gasteiger partial charge in [-0.3, -0.25) is 9.78 Å². The van der Waals surface area contributed by atoms with Gasteiger partial charge in [0.15, 0.2) is 0 Å². The van der Waals surface area contributed by atoms with E-state index in [0.29, 0.717) is 42.3 Å². The fourth-order valence-electron chi connectivity index (χ4n) is 4.40. The average Bonchev–Trinajstić information content (AvgIpc) is 3.48. The number of nitrogens with zero attached hydrogens (tertiary/aromatic N) is 3. The molecule has 0 bridgehead atoms. The summed E-state index contributed by atoms with van der Waals surface area (Å²) in [5.74, 6) is 0.411. The molecule has 5 rings (SSSR count). The van der Waals surface area contributed by atoms with E-state index in [1.807, 2.05) is 12.1 Å². The van der Waals surface area contributed by atoms with Crippen LogP contribution in [-0.4, -0.2) is 27.3 Å². The summed E-state index contributed by atoms with van der Waals surface area (Å²) in [5.41, 5.74) is 2.81. The molecule has 1 fully saturated rings. The molecule has 4 aromatic rings. The quantitative estimate of drug-likeness (QED) is 0.382. The van der Waals surface area contributed by atoms with Crippen LogP contribution in [0.1, 0.15) is 57.7 Å². The second-order valence-corrected chi connectivity index (χ2v) is 8.47. The molecular formula is C27H23F2N3O2. The summed E-state index contributed by atoms with van der Waals surface area (Å²) in [4.78, 5) is 23.9. The number of aromatic nitrogens is 2. The van der Waals surface area contributed by atoms with E-state index >= 15 is 0 Å². The van der Waals surface area contributed by atoms with Gasteiger partial charge in [-0.05, 0) is 60.4 Å². The minimum absolute atomic E-state index is 0.115. The predicted molar refractivity (Wildman–Crippen MR) is 122 cm³/mol. The molecule has 0 radical (unpaired) electrons. The number of pyridine rings is 1. The number of likely N-dealkylation sites (tertiary alicyclic amines) is 1. The van der Waals surface area contributed by atoms with Crippen molar-refractivity contribution in [3.63, 3.8) is 0 Å². The molecule has 3 heterocycles. The van der Waals surface area contributed by atoms with Crippen LogP contribution in [0.4, 0.5) is 8.78 Å². The zero-order chi connectivity index (χ0) is 23.5. The molecule has 2 aromatic heterocycles. The number of halogens is 2. The van der Waals surface area contributed by atoms with E-state index in [-0.39, 0.29) is 23.6 Å². The largest absolute Gasteiger partial charge is 0.443 e. The first-order chi connectivity index (χ1) is 16.5. The van der Waals surface area contributed by atoms with Crippen LogP contribution >= 0.6 is 0 Å². The van der Waals surface area contributed by atoms with E-state index in [0.717, 1.165) is 24.0 Å². The summed E-state index contributed by atoms with van der Waals surface area (Å²) in [6, 6.07) is 15.9. The van der Waals surface area contributed by atoms with Gasteiger partial charge in [0.2, 0.25) is 5.89 Å². The topological polar surface area (TPSA) is 59.2 Å². The maximum atomic E-state index is 13.5. The van der Waals surface area contributed by atoms with E-state index < -0.39 is 0 Å². The Morgan fingerprint density at radius 1 is 0.971 bits per heavy atom. The van der Waals surface area contributed by atoms with Crippen LogP contribution in [0.25, 0.3) is 0 Å². The molecule has 2 aromatic carbocycles. The molecule has 1 atom stereocenters. The lowest BCUT2D eigenvalue weighted by Gasteiger charge is -2.22. The van der Waals surface area contributed by atoms with Gasteiger partial charge in [0.05, 0.1) is 6.20 Å². The van der Waals surface area contributed by atoms with Gasteiger partial charge in [0.1, 0.15) is 23.4 Å². The molecule has 7 heteroatoms. The van der Waals surface area contributed by atoms with Gasteiger partial charge in [-0.1, -0.05) is 24.3 Å². The van der Waals surface area contributed by atoms with Crippen molar-refractivity contribution in [1.82, 2.24) is 14.9 Å². The predicted octanol–water partition coefficient (Wildman–Crippen LogP) is 5.51. The summed E-state index contributed by atoms with van der Waals surface area (Å²) in [6.45, 7) is 0.604. The van der Waals surface area contributed by atoms with Crippen LogP contribution in [0.5, 0.6) is 0 Å². The van der Waals surface area contributed by atoms with Gasteiger partial charge in [-0.25, -0.2) is 13.8 Å². The van der Waals surface area contributed by atoms with Crippen LogP contribution in [0.3, 0.4) is 0 Å². The summed E-state index contributed by atoms with van der Waals surface area (Å²) >= 11 is 0. The highest BCUT2D eigenvalue weighted by atomic mass is 19.1. The first kappa shape index (κ1) is 21.9. The molecule has 0 N–H and O–H groups in total. The maximum Gasteiger partial charge on any atom is 0.254 e. The molecule has 0 spiro atoms. The second kappa shape index (κ2) is 9.55. The first-order valence-electron chi connectivity index (χ1n) is 11.2. The van der Waals surface area contributed by atoms with Gasteiger partial charge in [0, 0.05) is 36.8 Å². The third-order valence-corrected chi connectivity index (χ3v) is 5.98. The average molecular weight is 459 g/mol. The zero-order valence-electron chi connectivity index (χ0n) is 18.5. The minimum Gasteiger partial charge on any atom is -0.443 e. The van der Waals surface area contributed by atoms with Crippen molar-refractivity contribution in [1.29, 1.82) is 0 Å². The van der Waals surface area contributed by atoms with Crippen molar-refractivity contribution in [2.24, 2.45) is 0 Å². The van der Waals surface area contributed by atoms with Gasteiger partial charge in [0.25, 0.3) is 5.91 Å². The Hall–Kier alpha value is -3.87. The Balaban J connectivity index is 1.31. The van der Waals surface area contributed by atoms with E-state index in [2.05, 4.69) is 9.97 Å². The molecule has 5 nitrogen and oxygen atoms in total. The van der Waals surface area contributed by atoms with Crippen LogP contribution in [0.15, 0.2) is 77.5 Å². The van der Waals surface area contributed by atoms with E-state index in [1.165, 1.54) is 24.3 Å². The normalized spacial score (nSPS) is 15.6. The highest BCUT2D eigenvalue weighted by Crippen LogP contribution is 2.33. The Labute approximate surface area is 196 Å². The molecule has 0 unspecified atom stereocenters. The van der Waals surface area contributed by atoms with E-state index in [1.54, 1.807) is 41.6 Å². The lowest BCUT2D eigenvalue weighted by Crippen LogP contribution is -2.30.